The Morgan fingerprint density at radius 1 is 1.35 bits per heavy atom. The second-order valence-corrected chi connectivity index (χ2v) is 3.29. The minimum absolute atomic E-state index is 0.0354. The fourth-order valence-corrected chi connectivity index (χ4v) is 1.39. The van der Waals surface area contributed by atoms with Crippen molar-refractivity contribution in [3.05, 3.63) is 29.1 Å². The van der Waals surface area contributed by atoms with E-state index in [4.69, 9.17) is 4.74 Å². The zero-order valence-corrected chi connectivity index (χ0v) is 9.19. The van der Waals surface area contributed by atoms with Gasteiger partial charge in [-0.3, -0.25) is 4.79 Å². The van der Waals surface area contributed by atoms with Gasteiger partial charge in [0.05, 0.1) is 6.61 Å². The van der Waals surface area contributed by atoms with Gasteiger partial charge in [-0.05, 0) is 26.0 Å². The first kappa shape index (κ1) is 13.5. The molecule has 0 N–H and O–H groups in total. The molecule has 0 aliphatic carbocycles. The van der Waals surface area contributed by atoms with Crippen molar-refractivity contribution in [2.24, 2.45) is 0 Å². The molecule has 0 heterocycles. The molecule has 0 saturated carbocycles. The maximum atomic E-state index is 13.6. The van der Waals surface area contributed by atoms with E-state index in [9.17, 15) is 22.4 Å². The van der Waals surface area contributed by atoms with Crippen molar-refractivity contribution in [1.29, 1.82) is 0 Å². The number of Topliss-reactive ketones (excluding diaryl/α,β-unsaturated/α-hetero) is 1. The van der Waals surface area contributed by atoms with Crippen molar-refractivity contribution in [3.8, 4) is 5.75 Å². The van der Waals surface area contributed by atoms with Crippen molar-refractivity contribution < 1.29 is 27.1 Å². The van der Waals surface area contributed by atoms with Gasteiger partial charge < -0.3 is 4.74 Å². The quantitative estimate of drug-likeness (QED) is 0.606. The van der Waals surface area contributed by atoms with Crippen molar-refractivity contribution in [1.82, 2.24) is 0 Å². The molecule has 1 aromatic carbocycles. The Labute approximate surface area is 95.2 Å². The lowest BCUT2D eigenvalue weighted by Gasteiger charge is -2.14. The molecular formula is C11H10F4O2. The van der Waals surface area contributed by atoms with E-state index in [-0.39, 0.29) is 6.61 Å². The number of halogens is 4. The zero-order valence-electron chi connectivity index (χ0n) is 9.19. The highest BCUT2D eigenvalue weighted by atomic mass is 19.4. The molecule has 0 spiro atoms. The molecule has 0 unspecified atom stereocenters. The summed E-state index contributed by atoms with van der Waals surface area (Å²) in [5.74, 6) is -2.91. The average molecular weight is 250 g/mol. The van der Waals surface area contributed by atoms with Crippen molar-refractivity contribution >= 4 is 5.78 Å². The highest BCUT2D eigenvalue weighted by molar-refractivity contribution is 5.96. The zero-order chi connectivity index (χ0) is 13.2. The molecule has 0 saturated heterocycles. The average Bonchev–Trinajstić information content (AvgIpc) is 2.18. The Bertz CT molecular complexity index is 438. The lowest BCUT2D eigenvalue weighted by molar-refractivity contribution is -0.140. The molecule has 0 fully saturated rings. The first-order valence-corrected chi connectivity index (χ1v) is 4.82. The van der Waals surface area contributed by atoms with Gasteiger partial charge in [0, 0.05) is 5.56 Å². The summed E-state index contributed by atoms with van der Waals surface area (Å²) in [5.41, 5.74) is -2.27. The molecule has 0 atom stereocenters. The van der Waals surface area contributed by atoms with Crippen LogP contribution in [-0.4, -0.2) is 12.4 Å². The molecule has 94 valence electrons. The fraction of sp³-hybridized carbons (Fsp3) is 0.364. The van der Waals surface area contributed by atoms with Crippen LogP contribution in [0, 0.1) is 5.82 Å². The molecule has 17 heavy (non-hydrogen) atoms. The molecule has 0 radical (unpaired) electrons. The number of carbonyl (C=O) groups excluding carboxylic acids is 1. The number of ketones is 1. The van der Waals surface area contributed by atoms with Crippen LogP contribution in [0.1, 0.15) is 29.8 Å². The lowest BCUT2D eigenvalue weighted by Crippen LogP contribution is -2.15. The van der Waals surface area contributed by atoms with Gasteiger partial charge in [0.15, 0.2) is 17.3 Å². The number of alkyl halides is 3. The summed E-state index contributed by atoms with van der Waals surface area (Å²) in [7, 11) is 0. The third-order valence-electron chi connectivity index (χ3n) is 2.07. The van der Waals surface area contributed by atoms with Gasteiger partial charge in [-0.2, -0.15) is 13.2 Å². The van der Waals surface area contributed by atoms with E-state index in [1.807, 2.05) is 0 Å². The topological polar surface area (TPSA) is 26.3 Å². The fourth-order valence-electron chi connectivity index (χ4n) is 1.39. The predicted molar refractivity (Wildman–Crippen MR) is 52.6 cm³/mol. The summed E-state index contributed by atoms with van der Waals surface area (Å²) in [6, 6.07) is 1.93. The van der Waals surface area contributed by atoms with Crippen LogP contribution in [0.5, 0.6) is 5.75 Å². The molecule has 2 nitrogen and oxygen atoms in total. The molecule has 0 aromatic heterocycles. The van der Waals surface area contributed by atoms with Crippen molar-refractivity contribution in [2.45, 2.75) is 20.0 Å². The molecule has 0 aliphatic heterocycles. The molecule has 0 amide bonds. The van der Waals surface area contributed by atoms with E-state index < -0.39 is 34.7 Å². The number of rotatable bonds is 3. The molecule has 0 aliphatic rings. The van der Waals surface area contributed by atoms with Gasteiger partial charge in [-0.15, -0.1) is 0 Å². The Morgan fingerprint density at radius 3 is 2.35 bits per heavy atom. The summed E-state index contributed by atoms with van der Waals surface area (Å²) in [4.78, 5) is 11.0. The maximum absolute atomic E-state index is 13.6. The molecule has 1 rings (SSSR count). The third-order valence-corrected chi connectivity index (χ3v) is 2.07. The van der Waals surface area contributed by atoms with Crippen LogP contribution >= 0.6 is 0 Å². The van der Waals surface area contributed by atoms with Crippen LogP contribution in [0.3, 0.4) is 0 Å². The van der Waals surface area contributed by atoms with Gasteiger partial charge in [0.1, 0.15) is 5.56 Å². The Balaban J connectivity index is 3.48. The Hall–Kier alpha value is -1.59. The van der Waals surface area contributed by atoms with E-state index in [1.165, 1.54) is 6.92 Å². The van der Waals surface area contributed by atoms with E-state index >= 15 is 0 Å². The lowest BCUT2D eigenvalue weighted by atomic mass is 10.0. The van der Waals surface area contributed by atoms with Gasteiger partial charge in [-0.25, -0.2) is 4.39 Å². The monoisotopic (exact) mass is 250 g/mol. The van der Waals surface area contributed by atoms with Gasteiger partial charge >= 0.3 is 6.18 Å². The highest BCUT2D eigenvalue weighted by Crippen LogP contribution is 2.37. The van der Waals surface area contributed by atoms with Crippen LogP contribution in [-0.2, 0) is 6.18 Å². The van der Waals surface area contributed by atoms with E-state index in [1.54, 1.807) is 0 Å². The summed E-state index contributed by atoms with van der Waals surface area (Å²) >= 11 is 0. The summed E-state index contributed by atoms with van der Waals surface area (Å²) < 4.78 is 56.2. The summed E-state index contributed by atoms with van der Waals surface area (Å²) in [5, 5.41) is 0. The van der Waals surface area contributed by atoms with Crippen LogP contribution < -0.4 is 4.74 Å². The van der Waals surface area contributed by atoms with E-state index in [0.717, 1.165) is 19.1 Å². The number of hydrogen-bond acceptors (Lipinski definition) is 2. The maximum Gasteiger partial charge on any atom is 0.420 e. The van der Waals surface area contributed by atoms with Gasteiger partial charge in [0.25, 0.3) is 0 Å². The number of hydrogen-bond donors (Lipinski definition) is 0. The summed E-state index contributed by atoms with van der Waals surface area (Å²) in [6.07, 6.45) is -4.93. The van der Waals surface area contributed by atoms with Crippen LogP contribution in [0.2, 0.25) is 0 Å². The predicted octanol–water partition coefficient (Wildman–Crippen LogP) is 3.45. The van der Waals surface area contributed by atoms with Crippen molar-refractivity contribution in [3.63, 3.8) is 0 Å². The largest absolute Gasteiger partial charge is 0.491 e. The van der Waals surface area contributed by atoms with Gasteiger partial charge in [-0.1, -0.05) is 0 Å². The van der Waals surface area contributed by atoms with E-state index in [0.29, 0.717) is 0 Å². The first-order chi connectivity index (χ1) is 7.79. The number of carbonyl (C=O) groups is 1. The molecular weight excluding hydrogens is 240 g/mol. The number of benzene rings is 1. The first-order valence-electron chi connectivity index (χ1n) is 4.82. The van der Waals surface area contributed by atoms with Crippen molar-refractivity contribution in [2.75, 3.05) is 6.61 Å². The second-order valence-electron chi connectivity index (χ2n) is 3.29. The summed E-state index contributed by atoms with van der Waals surface area (Å²) in [6.45, 7) is 2.50. The molecule has 6 heteroatoms. The smallest absolute Gasteiger partial charge is 0.420 e. The van der Waals surface area contributed by atoms with Crippen LogP contribution in [0.4, 0.5) is 17.6 Å². The number of ether oxygens (including phenoxy) is 1. The highest BCUT2D eigenvalue weighted by Gasteiger charge is 2.39. The van der Waals surface area contributed by atoms with E-state index in [2.05, 4.69) is 0 Å². The minimum atomic E-state index is -4.93. The minimum Gasteiger partial charge on any atom is -0.491 e. The molecule has 1 aromatic rings. The third kappa shape index (κ3) is 2.75. The van der Waals surface area contributed by atoms with Crippen LogP contribution in [0.15, 0.2) is 12.1 Å². The SMILES string of the molecule is CCOc1ccc(C(C)=O)c(C(F)(F)F)c1F. The van der Waals surface area contributed by atoms with Gasteiger partial charge in [0.2, 0.25) is 0 Å². The van der Waals surface area contributed by atoms with Crippen LogP contribution in [0.25, 0.3) is 0 Å². The normalized spacial score (nSPS) is 11.4. The standard InChI is InChI=1S/C11H10F4O2/c1-3-17-8-5-4-7(6(2)16)9(10(8)12)11(13,14)15/h4-5H,3H2,1-2H3. The Kier molecular flexibility index (Phi) is 3.75. The second kappa shape index (κ2) is 4.73. The molecule has 0 bridgehead atoms. The Morgan fingerprint density at radius 2 is 1.94 bits per heavy atom.